The van der Waals surface area contributed by atoms with Crippen molar-refractivity contribution >= 4 is 46.8 Å². The molecule has 0 aliphatic heterocycles. The van der Waals surface area contributed by atoms with E-state index in [0.29, 0.717) is 22.3 Å². The lowest BCUT2D eigenvalue weighted by atomic mass is 10.1. The van der Waals surface area contributed by atoms with Gasteiger partial charge in [0.1, 0.15) is 6.04 Å². The highest BCUT2D eigenvalue weighted by Gasteiger charge is 2.25. The van der Waals surface area contributed by atoms with Crippen LogP contribution in [0.2, 0.25) is 10.0 Å². The van der Waals surface area contributed by atoms with Gasteiger partial charge >= 0.3 is 0 Å². The lowest BCUT2D eigenvalue weighted by Crippen LogP contribution is -2.47. The van der Waals surface area contributed by atoms with Gasteiger partial charge in [-0.3, -0.25) is 9.59 Å². The molecule has 2 aromatic rings. The average Bonchev–Trinajstić information content (AvgIpc) is 2.65. The third kappa shape index (κ3) is 6.76. The summed E-state index contributed by atoms with van der Waals surface area (Å²) >= 11 is 13.5. The first kappa shape index (κ1) is 21.6. The van der Waals surface area contributed by atoms with Gasteiger partial charge in [-0.25, -0.2) is 0 Å². The Hall–Kier alpha value is -1.69. The van der Waals surface area contributed by atoms with E-state index in [4.69, 9.17) is 23.2 Å². The number of carbonyl (C=O) groups excluding carboxylic acids is 2. The quantitative estimate of drug-likeness (QED) is 0.683. The van der Waals surface area contributed by atoms with Crippen molar-refractivity contribution in [1.29, 1.82) is 0 Å². The Morgan fingerprint density at radius 2 is 1.67 bits per heavy atom. The van der Waals surface area contributed by atoms with Gasteiger partial charge in [-0.1, -0.05) is 47.5 Å². The molecule has 2 rings (SSSR count). The van der Waals surface area contributed by atoms with Gasteiger partial charge in [0.15, 0.2) is 0 Å². The number of rotatable bonds is 8. The van der Waals surface area contributed by atoms with Gasteiger partial charge in [-0.2, -0.15) is 0 Å². The predicted octanol–water partition coefficient (Wildman–Crippen LogP) is 4.39. The van der Waals surface area contributed by atoms with Crippen LogP contribution in [0.5, 0.6) is 0 Å². The van der Waals surface area contributed by atoms with Crippen LogP contribution in [0.15, 0.2) is 48.5 Å². The lowest BCUT2D eigenvalue weighted by molar-refractivity contribution is -0.138. The number of thioether (sulfide) groups is 1. The third-order valence-electron chi connectivity index (χ3n) is 4.04. The maximum absolute atomic E-state index is 12.8. The average molecular weight is 425 g/mol. The molecule has 7 heteroatoms. The molecule has 0 heterocycles. The minimum Gasteiger partial charge on any atom is -0.357 e. The number of nitrogens with one attached hydrogen (secondary N) is 1. The van der Waals surface area contributed by atoms with Crippen LogP contribution in [0.25, 0.3) is 0 Å². The molecule has 1 atom stereocenters. The summed E-state index contributed by atoms with van der Waals surface area (Å²) in [5, 5.41) is 3.88. The third-order valence-corrected chi connectivity index (χ3v) is 5.50. The first-order valence-corrected chi connectivity index (χ1v) is 10.4. The molecular weight excluding hydrogens is 403 g/mol. The number of carbonyl (C=O) groups is 2. The van der Waals surface area contributed by atoms with Crippen molar-refractivity contribution in [3.63, 3.8) is 0 Å². The molecule has 0 bridgehead atoms. The largest absolute Gasteiger partial charge is 0.357 e. The van der Waals surface area contributed by atoms with Crippen molar-refractivity contribution in [3.8, 4) is 0 Å². The fourth-order valence-electron chi connectivity index (χ4n) is 2.59. The highest BCUT2D eigenvalue weighted by atomic mass is 35.5. The van der Waals surface area contributed by atoms with Gasteiger partial charge in [-0.05, 0) is 42.3 Å². The van der Waals surface area contributed by atoms with E-state index in [9.17, 15) is 9.59 Å². The molecule has 4 nitrogen and oxygen atoms in total. The zero-order valence-corrected chi connectivity index (χ0v) is 17.6. The fraction of sp³-hybridized carbons (Fsp3) is 0.300. The Kier molecular flexibility index (Phi) is 8.48. The standard InChI is InChI=1S/C20H22Cl2N2O2S/c1-14(20(26)23-2)24(11-15-5-3-7-17(21)9-15)19(25)13-27-12-16-6-4-8-18(22)10-16/h3-10,14H,11-13H2,1-2H3,(H,23,26). The van der Waals surface area contributed by atoms with Crippen LogP contribution in [0.4, 0.5) is 0 Å². The molecule has 1 N–H and O–H groups in total. The molecule has 0 aliphatic rings. The number of benzene rings is 2. The van der Waals surface area contributed by atoms with E-state index >= 15 is 0 Å². The van der Waals surface area contributed by atoms with Crippen molar-refractivity contribution < 1.29 is 9.59 Å². The van der Waals surface area contributed by atoms with Gasteiger partial charge in [0.25, 0.3) is 0 Å². The maximum atomic E-state index is 12.8. The number of hydrogen-bond donors (Lipinski definition) is 1. The number of amides is 2. The summed E-state index contributed by atoms with van der Waals surface area (Å²) in [6, 6.07) is 14.3. The van der Waals surface area contributed by atoms with E-state index in [1.807, 2.05) is 36.4 Å². The Balaban J connectivity index is 2.04. The van der Waals surface area contributed by atoms with E-state index in [1.165, 1.54) is 11.8 Å². The summed E-state index contributed by atoms with van der Waals surface area (Å²) in [6.45, 7) is 2.05. The maximum Gasteiger partial charge on any atom is 0.242 e. The molecule has 144 valence electrons. The molecule has 0 spiro atoms. The zero-order valence-electron chi connectivity index (χ0n) is 15.2. The second kappa shape index (κ2) is 10.6. The van der Waals surface area contributed by atoms with Crippen LogP contribution in [0, 0.1) is 0 Å². The van der Waals surface area contributed by atoms with Crippen LogP contribution >= 0.6 is 35.0 Å². The van der Waals surface area contributed by atoms with E-state index in [1.54, 1.807) is 31.0 Å². The van der Waals surface area contributed by atoms with Gasteiger partial charge in [0, 0.05) is 29.4 Å². The molecule has 0 saturated heterocycles. The fourth-order valence-corrected chi connectivity index (χ4v) is 3.87. The molecule has 27 heavy (non-hydrogen) atoms. The number of halogens is 2. The first-order valence-electron chi connectivity index (χ1n) is 8.48. The van der Waals surface area contributed by atoms with Gasteiger partial charge in [0.05, 0.1) is 5.75 Å². The molecule has 0 fully saturated rings. The zero-order chi connectivity index (χ0) is 19.8. The molecule has 0 aromatic heterocycles. The molecule has 0 aliphatic carbocycles. The van der Waals surface area contributed by atoms with Crippen molar-refractivity contribution in [3.05, 3.63) is 69.7 Å². The summed E-state index contributed by atoms with van der Waals surface area (Å²) in [7, 11) is 1.56. The molecule has 2 amide bonds. The second-order valence-corrected chi connectivity index (χ2v) is 7.92. The van der Waals surface area contributed by atoms with E-state index < -0.39 is 6.04 Å². The lowest BCUT2D eigenvalue weighted by Gasteiger charge is -2.28. The summed E-state index contributed by atoms with van der Waals surface area (Å²) in [5.74, 6) is 0.642. The summed E-state index contributed by atoms with van der Waals surface area (Å²) < 4.78 is 0. The minimum atomic E-state index is -0.576. The van der Waals surface area contributed by atoms with E-state index in [-0.39, 0.29) is 17.6 Å². The van der Waals surface area contributed by atoms with Crippen LogP contribution < -0.4 is 5.32 Å². The molecule has 1 unspecified atom stereocenters. The summed E-state index contributed by atoms with van der Waals surface area (Å²) in [4.78, 5) is 26.5. The van der Waals surface area contributed by atoms with E-state index in [0.717, 1.165) is 11.1 Å². The first-order chi connectivity index (χ1) is 12.9. The highest BCUT2D eigenvalue weighted by molar-refractivity contribution is 7.99. The Morgan fingerprint density at radius 1 is 1.07 bits per heavy atom. The Labute approximate surface area is 174 Å². The van der Waals surface area contributed by atoms with Crippen LogP contribution in [-0.2, 0) is 21.9 Å². The second-order valence-electron chi connectivity index (χ2n) is 6.06. The Morgan fingerprint density at radius 3 is 2.26 bits per heavy atom. The van der Waals surface area contributed by atoms with Gasteiger partial charge in [0.2, 0.25) is 11.8 Å². The van der Waals surface area contributed by atoms with Crippen LogP contribution in [-0.4, -0.2) is 35.6 Å². The normalized spacial score (nSPS) is 11.7. The minimum absolute atomic E-state index is 0.0990. The highest BCUT2D eigenvalue weighted by Crippen LogP contribution is 2.19. The number of hydrogen-bond acceptors (Lipinski definition) is 3. The van der Waals surface area contributed by atoms with Crippen molar-refractivity contribution in [2.45, 2.75) is 25.3 Å². The monoisotopic (exact) mass is 424 g/mol. The Bertz CT molecular complexity index is 801. The topological polar surface area (TPSA) is 49.4 Å². The predicted molar refractivity (Wildman–Crippen MR) is 113 cm³/mol. The van der Waals surface area contributed by atoms with Gasteiger partial charge in [-0.15, -0.1) is 11.8 Å². The number of nitrogens with zero attached hydrogens (tertiary/aromatic N) is 1. The summed E-state index contributed by atoms with van der Waals surface area (Å²) in [6.07, 6.45) is 0. The van der Waals surface area contributed by atoms with Gasteiger partial charge < -0.3 is 10.2 Å². The molecular formula is C20H22Cl2N2O2S. The summed E-state index contributed by atoms with van der Waals surface area (Å²) in [5.41, 5.74) is 1.94. The van der Waals surface area contributed by atoms with Crippen molar-refractivity contribution in [2.75, 3.05) is 12.8 Å². The molecule has 0 saturated carbocycles. The number of likely N-dealkylation sites (N-methyl/N-ethyl adjacent to an activating group) is 1. The van der Waals surface area contributed by atoms with Crippen molar-refractivity contribution in [1.82, 2.24) is 10.2 Å². The van der Waals surface area contributed by atoms with E-state index in [2.05, 4.69) is 5.32 Å². The smallest absolute Gasteiger partial charge is 0.242 e. The van der Waals surface area contributed by atoms with Crippen LogP contribution in [0.3, 0.4) is 0 Å². The van der Waals surface area contributed by atoms with Crippen LogP contribution in [0.1, 0.15) is 18.1 Å². The molecule has 0 radical (unpaired) electrons. The SMILES string of the molecule is CNC(=O)C(C)N(Cc1cccc(Cl)c1)C(=O)CSCc1cccc(Cl)c1. The van der Waals surface area contributed by atoms with Crippen molar-refractivity contribution in [2.24, 2.45) is 0 Å². The molecule has 2 aromatic carbocycles.